The zero-order valence-corrected chi connectivity index (χ0v) is 19.7. The predicted octanol–water partition coefficient (Wildman–Crippen LogP) is 4.64. The number of esters is 1. The van der Waals surface area contributed by atoms with Crippen molar-refractivity contribution in [3.63, 3.8) is 0 Å². The molecule has 1 aliphatic heterocycles. The zero-order chi connectivity index (χ0) is 24.5. The van der Waals surface area contributed by atoms with Gasteiger partial charge >= 0.3 is 18.1 Å². The van der Waals surface area contributed by atoms with Crippen LogP contribution in [0.3, 0.4) is 0 Å². The van der Waals surface area contributed by atoms with E-state index in [1.807, 2.05) is 20.8 Å². The Morgan fingerprint density at radius 3 is 2.42 bits per heavy atom. The highest BCUT2D eigenvalue weighted by atomic mass is 19.1. The summed E-state index contributed by atoms with van der Waals surface area (Å²) >= 11 is 0. The van der Waals surface area contributed by atoms with Crippen LogP contribution in [0, 0.1) is 17.6 Å². The Bertz CT molecular complexity index is 842. The molecule has 0 unspecified atom stereocenters. The van der Waals surface area contributed by atoms with Crippen molar-refractivity contribution in [1.29, 1.82) is 0 Å². The number of likely N-dealkylation sites (tertiary alicyclic amines) is 1. The van der Waals surface area contributed by atoms with E-state index in [1.165, 1.54) is 0 Å². The summed E-state index contributed by atoms with van der Waals surface area (Å²) in [5.74, 6) is -2.79. The van der Waals surface area contributed by atoms with E-state index in [0.717, 1.165) is 26.0 Å². The Morgan fingerprint density at radius 1 is 1.18 bits per heavy atom. The summed E-state index contributed by atoms with van der Waals surface area (Å²) in [6, 6.07) is 0.763. The maximum Gasteiger partial charge on any atom is 0.409 e. The molecule has 1 aromatic rings. The average Bonchev–Trinajstić information content (AvgIpc) is 2.79. The first kappa shape index (κ1) is 26.3. The quantitative estimate of drug-likeness (QED) is 0.561. The molecule has 0 bridgehead atoms. The van der Waals surface area contributed by atoms with Crippen LogP contribution in [0.2, 0.25) is 0 Å². The van der Waals surface area contributed by atoms with Crippen LogP contribution in [0.4, 0.5) is 24.1 Å². The van der Waals surface area contributed by atoms with Crippen LogP contribution in [0.1, 0.15) is 56.8 Å². The number of benzene rings is 1. The molecule has 2 rings (SSSR count). The van der Waals surface area contributed by atoms with Crippen LogP contribution in [0.5, 0.6) is 0 Å². The van der Waals surface area contributed by atoms with Crippen molar-refractivity contribution >= 4 is 23.8 Å². The lowest BCUT2D eigenvalue weighted by atomic mass is 10.0. The van der Waals surface area contributed by atoms with Crippen molar-refractivity contribution in [1.82, 2.24) is 9.80 Å². The van der Waals surface area contributed by atoms with E-state index in [0.29, 0.717) is 45.1 Å². The molecule has 0 aromatic heterocycles. The van der Waals surface area contributed by atoms with Crippen molar-refractivity contribution in [2.24, 2.45) is 5.92 Å². The second-order valence-electron chi connectivity index (χ2n) is 8.47. The molecular formula is C23H33F2N3O5. The zero-order valence-electron chi connectivity index (χ0n) is 19.7. The number of piperidine rings is 1. The van der Waals surface area contributed by atoms with Gasteiger partial charge in [0.15, 0.2) is 0 Å². The first-order valence-electron chi connectivity index (χ1n) is 11.2. The number of amides is 3. The fourth-order valence-corrected chi connectivity index (χ4v) is 3.57. The van der Waals surface area contributed by atoms with E-state index in [4.69, 9.17) is 4.74 Å². The molecule has 1 aromatic carbocycles. The number of nitrogens with one attached hydrogen (secondary N) is 1. The standard InChI is InChI=1S/C23H33F2N3O5/c1-5-6-9-28(16-7-10-27(11-8-16)23(31)33-14-15(2)3)22(30)26-20-12-17(21(29)32-4)18(24)13-19(20)25/h12-13,15-16H,5-11,14H2,1-4H3,(H,26,30). The van der Waals surface area contributed by atoms with Gasteiger partial charge in [0.05, 0.1) is 25.0 Å². The smallest absolute Gasteiger partial charge is 0.409 e. The number of unbranched alkanes of at least 4 members (excludes halogenated alkanes) is 1. The lowest BCUT2D eigenvalue weighted by Gasteiger charge is -2.38. The number of anilines is 1. The molecule has 1 heterocycles. The van der Waals surface area contributed by atoms with Gasteiger partial charge in [0.25, 0.3) is 0 Å². The number of ether oxygens (including phenoxy) is 2. The molecule has 0 radical (unpaired) electrons. The molecule has 10 heteroatoms. The molecule has 0 atom stereocenters. The minimum Gasteiger partial charge on any atom is -0.465 e. The van der Waals surface area contributed by atoms with Gasteiger partial charge in [0, 0.05) is 31.7 Å². The van der Waals surface area contributed by atoms with E-state index in [2.05, 4.69) is 10.1 Å². The number of halogens is 2. The van der Waals surface area contributed by atoms with E-state index >= 15 is 0 Å². The van der Waals surface area contributed by atoms with Gasteiger partial charge in [-0.3, -0.25) is 0 Å². The van der Waals surface area contributed by atoms with E-state index in [1.54, 1.807) is 9.80 Å². The predicted molar refractivity (Wildman–Crippen MR) is 119 cm³/mol. The van der Waals surface area contributed by atoms with Crippen LogP contribution < -0.4 is 5.32 Å². The van der Waals surface area contributed by atoms with E-state index in [-0.39, 0.29) is 23.7 Å². The Hall–Kier alpha value is -2.91. The molecule has 1 fully saturated rings. The first-order chi connectivity index (χ1) is 15.7. The van der Waals surface area contributed by atoms with Gasteiger partial charge in [-0.1, -0.05) is 27.2 Å². The van der Waals surface area contributed by atoms with Crippen LogP contribution in [0.25, 0.3) is 0 Å². The number of methoxy groups -OCH3 is 1. The Morgan fingerprint density at radius 2 is 1.85 bits per heavy atom. The van der Waals surface area contributed by atoms with Crippen LogP contribution in [-0.2, 0) is 9.47 Å². The summed E-state index contributed by atoms with van der Waals surface area (Å²) in [6.45, 7) is 7.58. The molecule has 184 valence electrons. The third-order valence-corrected chi connectivity index (χ3v) is 5.42. The van der Waals surface area contributed by atoms with Gasteiger partial charge in [-0.25, -0.2) is 23.2 Å². The lowest BCUT2D eigenvalue weighted by Crippen LogP contribution is -2.50. The minimum atomic E-state index is -1.07. The summed E-state index contributed by atoms with van der Waals surface area (Å²) < 4.78 is 38.0. The van der Waals surface area contributed by atoms with Gasteiger partial charge in [-0.05, 0) is 31.2 Å². The summed E-state index contributed by atoms with van der Waals surface area (Å²) in [6.07, 6.45) is 2.32. The minimum absolute atomic E-state index is 0.158. The maximum absolute atomic E-state index is 14.3. The highest BCUT2D eigenvalue weighted by Crippen LogP contribution is 2.23. The second-order valence-corrected chi connectivity index (χ2v) is 8.47. The van der Waals surface area contributed by atoms with Gasteiger partial charge < -0.3 is 24.6 Å². The fourth-order valence-electron chi connectivity index (χ4n) is 3.57. The summed E-state index contributed by atoms with van der Waals surface area (Å²) in [7, 11) is 1.08. The highest BCUT2D eigenvalue weighted by molar-refractivity contribution is 5.94. The van der Waals surface area contributed by atoms with Crippen molar-refractivity contribution in [2.75, 3.05) is 38.7 Å². The largest absolute Gasteiger partial charge is 0.465 e. The summed E-state index contributed by atoms with van der Waals surface area (Å²) in [5, 5.41) is 2.46. The fraction of sp³-hybridized carbons (Fsp3) is 0.609. The molecule has 1 aliphatic rings. The third kappa shape index (κ3) is 7.30. The molecular weight excluding hydrogens is 436 g/mol. The molecule has 0 aliphatic carbocycles. The number of nitrogens with zero attached hydrogens (tertiary/aromatic N) is 2. The van der Waals surface area contributed by atoms with Crippen molar-refractivity contribution in [3.8, 4) is 0 Å². The van der Waals surface area contributed by atoms with Gasteiger partial charge in [0.2, 0.25) is 0 Å². The Balaban J connectivity index is 2.09. The number of rotatable bonds is 8. The highest BCUT2D eigenvalue weighted by Gasteiger charge is 2.30. The van der Waals surface area contributed by atoms with E-state index < -0.39 is 29.2 Å². The van der Waals surface area contributed by atoms with Crippen LogP contribution in [-0.4, -0.2) is 67.3 Å². The molecule has 8 nitrogen and oxygen atoms in total. The summed E-state index contributed by atoms with van der Waals surface area (Å²) in [4.78, 5) is 40.2. The Labute approximate surface area is 193 Å². The van der Waals surface area contributed by atoms with Gasteiger partial charge in [-0.2, -0.15) is 0 Å². The third-order valence-electron chi connectivity index (χ3n) is 5.42. The van der Waals surface area contributed by atoms with Crippen molar-refractivity contribution in [2.45, 2.75) is 52.5 Å². The van der Waals surface area contributed by atoms with Crippen LogP contribution >= 0.6 is 0 Å². The molecule has 1 N–H and O–H groups in total. The SMILES string of the molecule is CCCCN(C(=O)Nc1cc(C(=O)OC)c(F)cc1F)C1CCN(C(=O)OCC(C)C)CC1. The van der Waals surface area contributed by atoms with Crippen molar-refractivity contribution in [3.05, 3.63) is 29.3 Å². The van der Waals surface area contributed by atoms with Gasteiger partial charge in [0.1, 0.15) is 11.6 Å². The normalized spacial score (nSPS) is 14.2. The van der Waals surface area contributed by atoms with Gasteiger partial charge in [-0.15, -0.1) is 0 Å². The molecule has 1 saturated heterocycles. The average molecular weight is 470 g/mol. The molecule has 33 heavy (non-hydrogen) atoms. The Kier molecular flexibility index (Phi) is 9.87. The lowest BCUT2D eigenvalue weighted by molar-refractivity contribution is 0.0594. The summed E-state index contributed by atoms with van der Waals surface area (Å²) in [5.41, 5.74) is -0.777. The molecule has 0 saturated carbocycles. The number of hydrogen-bond donors (Lipinski definition) is 1. The maximum atomic E-state index is 14.3. The van der Waals surface area contributed by atoms with Crippen LogP contribution in [0.15, 0.2) is 12.1 Å². The number of carbonyl (C=O) groups excluding carboxylic acids is 3. The molecule has 3 amide bonds. The monoisotopic (exact) mass is 469 g/mol. The van der Waals surface area contributed by atoms with Crippen molar-refractivity contribution < 1.29 is 32.6 Å². The number of urea groups is 1. The number of hydrogen-bond acceptors (Lipinski definition) is 5. The first-order valence-corrected chi connectivity index (χ1v) is 11.2. The molecule has 0 spiro atoms. The van der Waals surface area contributed by atoms with E-state index in [9.17, 15) is 23.2 Å². The topological polar surface area (TPSA) is 88.2 Å². The number of carbonyl (C=O) groups is 3. The second kappa shape index (κ2) is 12.4.